The van der Waals surface area contributed by atoms with E-state index < -0.39 is 0 Å². The fraction of sp³-hybridized carbons (Fsp3) is 0.286. The van der Waals surface area contributed by atoms with E-state index in [4.69, 9.17) is 11.6 Å². The number of halogens is 1. The summed E-state index contributed by atoms with van der Waals surface area (Å²) in [5.74, 6) is 1.06. The van der Waals surface area contributed by atoms with Gasteiger partial charge >= 0.3 is 0 Å². The summed E-state index contributed by atoms with van der Waals surface area (Å²) < 4.78 is 1.93. The molecule has 0 saturated heterocycles. The average Bonchev–Trinajstić information content (AvgIpc) is 2.72. The van der Waals surface area contributed by atoms with E-state index in [2.05, 4.69) is 4.98 Å². The molecule has 0 unspecified atom stereocenters. The van der Waals surface area contributed by atoms with Crippen LogP contribution in [-0.2, 0) is 13.5 Å². The first-order valence-electron chi connectivity index (χ1n) is 5.83. The van der Waals surface area contributed by atoms with Gasteiger partial charge in [-0.2, -0.15) is 0 Å². The van der Waals surface area contributed by atoms with E-state index in [1.807, 2.05) is 30.8 Å². The lowest BCUT2D eigenvalue weighted by atomic mass is 10.0. The van der Waals surface area contributed by atoms with Gasteiger partial charge in [0.2, 0.25) is 0 Å². The maximum absolute atomic E-state index is 12.1. The van der Waals surface area contributed by atoms with E-state index >= 15 is 0 Å². The molecule has 18 heavy (non-hydrogen) atoms. The van der Waals surface area contributed by atoms with Crippen molar-refractivity contribution < 1.29 is 4.79 Å². The zero-order valence-corrected chi connectivity index (χ0v) is 11.2. The predicted octanol–water partition coefficient (Wildman–Crippen LogP) is 3.20. The van der Waals surface area contributed by atoms with Crippen LogP contribution >= 0.6 is 11.6 Å². The Labute approximate surface area is 111 Å². The van der Waals surface area contributed by atoms with Crippen molar-refractivity contribution in [3.05, 3.63) is 52.6 Å². The van der Waals surface area contributed by atoms with E-state index in [1.165, 1.54) is 0 Å². The smallest absolute Gasteiger partial charge is 0.163 e. The van der Waals surface area contributed by atoms with Gasteiger partial charge in [-0.05, 0) is 30.7 Å². The fourth-order valence-corrected chi connectivity index (χ4v) is 2.16. The van der Waals surface area contributed by atoms with Gasteiger partial charge in [0.05, 0.1) is 0 Å². The summed E-state index contributed by atoms with van der Waals surface area (Å²) >= 11 is 5.88. The normalized spacial score (nSPS) is 10.6. The van der Waals surface area contributed by atoms with E-state index in [0.29, 0.717) is 17.9 Å². The number of rotatable bonds is 4. The molecule has 0 aliphatic heterocycles. The summed E-state index contributed by atoms with van der Waals surface area (Å²) in [5, 5.41) is 0.660. The van der Waals surface area contributed by atoms with Crippen molar-refractivity contribution in [3.63, 3.8) is 0 Å². The second-order valence-electron chi connectivity index (χ2n) is 4.34. The van der Waals surface area contributed by atoms with Crippen LogP contribution in [-0.4, -0.2) is 15.3 Å². The third-order valence-corrected chi connectivity index (χ3v) is 3.22. The Morgan fingerprint density at radius 2 is 2.22 bits per heavy atom. The topological polar surface area (TPSA) is 34.9 Å². The summed E-state index contributed by atoms with van der Waals surface area (Å²) in [6, 6.07) is 5.36. The Morgan fingerprint density at radius 3 is 2.83 bits per heavy atom. The SMILES string of the molecule is Cc1cc(Cl)ccc1C(=O)CCc1nccn1C. The molecule has 1 aromatic heterocycles. The van der Waals surface area contributed by atoms with Crippen LogP contribution in [0.5, 0.6) is 0 Å². The highest BCUT2D eigenvalue weighted by Gasteiger charge is 2.10. The summed E-state index contributed by atoms with van der Waals surface area (Å²) in [7, 11) is 1.93. The Balaban J connectivity index is 2.06. The minimum absolute atomic E-state index is 0.132. The van der Waals surface area contributed by atoms with Crippen molar-refractivity contribution in [1.82, 2.24) is 9.55 Å². The van der Waals surface area contributed by atoms with Crippen LogP contribution in [0.2, 0.25) is 5.02 Å². The summed E-state index contributed by atoms with van der Waals surface area (Å²) in [4.78, 5) is 16.3. The summed E-state index contributed by atoms with van der Waals surface area (Å²) in [5.41, 5.74) is 1.67. The number of nitrogens with zero attached hydrogens (tertiary/aromatic N) is 2. The fourth-order valence-electron chi connectivity index (χ4n) is 1.94. The second kappa shape index (κ2) is 5.36. The molecule has 0 atom stereocenters. The van der Waals surface area contributed by atoms with Gasteiger partial charge in [-0.15, -0.1) is 0 Å². The first kappa shape index (κ1) is 12.8. The van der Waals surface area contributed by atoms with E-state index in [9.17, 15) is 4.79 Å². The van der Waals surface area contributed by atoms with Crippen LogP contribution < -0.4 is 0 Å². The molecule has 0 N–H and O–H groups in total. The molecular formula is C14H15ClN2O. The number of hydrogen-bond acceptors (Lipinski definition) is 2. The predicted molar refractivity (Wildman–Crippen MR) is 72.0 cm³/mol. The molecule has 1 aromatic carbocycles. The van der Waals surface area contributed by atoms with Crippen molar-refractivity contribution in [2.45, 2.75) is 19.8 Å². The highest BCUT2D eigenvalue weighted by molar-refractivity contribution is 6.30. The number of Topliss-reactive ketones (excluding diaryl/α,β-unsaturated/α-hetero) is 1. The minimum atomic E-state index is 0.132. The summed E-state index contributed by atoms with van der Waals surface area (Å²) in [6.45, 7) is 1.90. The molecule has 1 heterocycles. The van der Waals surface area contributed by atoms with Gasteiger partial charge in [-0.3, -0.25) is 4.79 Å². The second-order valence-corrected chi connectivity index (χ2v) is 4.77. The van der Waals surface area contributed by atoms with Crippen LogP contribution in [0.4, 0.5) is 0 Å². The van der Waals surface area contributed by atoms with Crippen molar-refractivity contribution in [2.75, 3.05) is 0 Å². The zero-order chi connectivity index (χ0) is 13.1. The molecule has 0 aliphatic rings. The number of aryl methyl sites for hydroxylation is 3. The number of benzene rings is 1. The molecular weight excluding hydrogens is 248 g/mol. The van der Waals surface area contributed by atoms with Crippen LogP contribution in [0, 0.1) is 6.92 Å². The zero-order valence-electron chi connectivity index (χ0n) is 10.5. The number of carbonyl (C=O) groups is 1. The third kappa shape index (κ3) is 2.79. The molecule has 2 aromatic rings. The van der Waals surface area contributed by atoms with Crippen molar-refractivity contribution in [1.29, 1.82) is 0 Å². The Hall–Kier alpha value is -1.61. The van der Waals surface area contributed by atoms with E-state index in [1.54, 1.807) is 18.3 Å². The molecule has 3 nitrogen and oxygen atoms in total. The van der Waals surface area contributed by atoms with Gasteiger partial charge in [0, 0.05) is 42.9 Å². The van der Waals surface area contributed by atoms with Gasteiger partial charge < -0.3 is 4.57 Å². The van der Waals surface area contributed by atoms with Gasteiger partial charge in [0.15, 0.2) is 5.78 Å². The first-order valence-corrected chi connectivity index (χ1v) is 6.21. The molecule has 0 fully saturated rings. The third-order valence-electron chi connectivity index (χ3n) is 2.99. The first-order chi connectivity index (χ1) is 8.58. The monoisotopic (exact) mass is 262 g/mol. The average molecular weight is 263 g/mol. The maximum Gasteiger partial charge on any atom is 0.163 e. The van der Waals surface area contributed by atoms with Gasteiger partial charge in [-0.1, -0.05) is 11.6 Å². The van der Waals surface area contributed by atoms with Crippen molar-refractivity contribution in [2.24, 2.45) is 7.05 Å². The maximum atomic E-state index is 12.1. The lowest BCUT2D eigenvalue weighted by Crippen LogP contribution is -2.06. The number of hydrogen-bond donors (Lipinski definition) is 0. The molecule has 2 rings (SSSR count). The Morgan fingerprint density at radius 1 is 1.44 bits per heavy atom. The van der Waals surface area contributed by atoms with E-state index in [0.717, 1.165) is 17.0 Å². The molecule has 0 saturated carbocycles. The van der Waals surface area contributed by atoms with Gasteiger partial charge in [0.1, 0.15) is 5.82 Å². The lowest BCUT2D eigenvalue weighted by molar-refractivity contribution is 0.0981. The number of aromatic nitrogens is 2. The molecule has 0 radical (unpaired) electrons. The number of carbonyl (C=O) groups excluding carboxylic acids is 1. The van der Waals surface area contributed by atoms with E-state index in [-0.39, 0.29) is 5.78 Å². The van der Waals surface area contributed by atoms with Crippen LogP contribution in [0.3, 0.4) is 0 Å². The minimum Gasteiger partial charge on any atom is -0.338 e. The molecule has 0 spiro atoms. The Bertz CT molecular complexity index is 575. The van der Waals surface area contributed by atoms with Gasteiger partial charge in [0.25, 0.3) is 0 Å². The lowest BCUT2D eigenvalue weighted by Gasteiger charge is -2.05. The van der Waals surface area contributed by atoms with Gasteiger partial charge in [-0.25, -0.2) is 4.98 Å². The summed E-state index contributed by atoms with van der Waals surface area (Å²) in [6.07, 6.45) is 4.75. The molecule has 94 valence electrons. The van der Waals surface area contributed by atoms with Crippen molar-refractivity contribution in [3.8, 4) is 0 Å². The van der Waals surface area contributed by atoms with Crippen molar-refractivity contribution >= 4 is 17.4 Å². The standard InChI is InChI=1S/C14H15ClN2O/c1-10-9-11(15)3-4-12(10)13(18)5-6-14-16-7-8-17(14)2/h3-4,7-9H,5-6H2,1-2H3. The quantitative estimate of drug-likeness (QED) is 0.793. The molecule has 0 aliphatic carbocycles. The molecule has 0 bridgehead atoms. The number of imidazole rings is 1. The largest absolute Gasteiger partial charge is 0.338 e. The highest BCUT2D eigenvalue weighted by atomic mass is 35.5. The molecule has 4 heteroatoms. The Kier molecular flexibility index (Phi) is 3.82. The van der Waals surface area contributed by atoms with Crippen LogP contribution in [0.1, 0.15) is 28.2 Å². The van der Waals surface area contributed by atoms with Crippen LogP contribution in [0.25, 0.3) is 0 Å². The molecule has 0 amide bonds. The highest BCUT2D eigenvalue weighted by Crippen LogP contribution is 2.17. The van der Waals surface area contributed by atoms with Crippen LogP contribution in [0.15, 0.2) is 30.6 Å². The number of ketones is 1.